The minimum Gasteiger partial charge on any atom is -0.375 e. The summed E-state index contributed by atoms with van der Waals surface area (Å²) in [6.45, 7) is 12.8. The molecule has 0 unspecified atom stereocenters. The summed E-state index contributed by atoms with van der Waals surface area (Å²) in [5.74, 6) is -2.51. The van der Waals surface area contributed by atoms with Crippen molar-refractivity contribution in [3.05, 3.63) is 0 Å². The van der Waals surface area contributed by atoms with E-state index in [0.29, 0.717) is 6.61 Å². The molecule has 2 rings (SSSR count). The Kier molecular flexibility index (Phi) is 4.17. The van der Waals surface area contributed by atoms with Gasteiger partial charge < -0.3 is 4.74 Å². The predicted octanol–water partition coefficient (Wildman–Crippen LogP) is 2.61. The van der Waals surface area contributed by atoms with Crippen LogP contribution in [0.15, 0.2) is 0 Å². The van der Waals surface area contributed by atoms with Crippen LogP contribution in [-0.2, 0) is 4.74 Å². The lowest BCUT2D eigenvalue weighted by atomic mass is 9.97. The molecule has 3 nitrogen and oxygen atoms in total. The van der Waals surface area contributed by atoms with Crippen molar-refractivity contribution in [3.8, 4) is 0 Å². The second-order valence-corrected chi connectivity index (χ2v) is 7.86. The molecule has 0 amide bonds. The highest BCUT2D eigenvalue weighted by Crippen LogP contribution is 2.33. The van der Waals surface area contributed by atoms with Crippen LogP contribution in [0.25, 0.3) is 0 Å². The highest BCUT2D eigenvalue weighted by Gasteiger charge is 2.49. The van der Waals surface area contributed by atoms with E-state index in [9.17, 15) is 8.78 Å². The predicted molar refractivity (Wildman–Crippen MR) is 76.3 cm³/mol. The Morgan fingerprint density at radius 1 is 1.10 bits per heavy atom. The molecule has 0 aromatic carbocycles. The first-order valence-electron chi connectivity index (χ1n) is 7.49. The van der Waals surface area contributed by atoms with Crippen molar-refractivity contribution in [2.45, 2.75) is 64.1 Å². The van der Waals surface area contributed by atoms with E-state index in [-0.39, 0.29) is 30.3 Å². The van der Waals surface area contributed by atoms with Gasteiger partial charge in [0.15, 0.2) is 0 Å². The van der Waals surface area contributed by atoms with Crippen molar-refractivity contribution < 1.29 is 13.5 Å². The molecule has 2 aliphatic rings. The molecule has 0 aliphatic carbocycles. The molecule has 0 aromatic rings. The maximum Gasteiger partial charge on any atom is 0.272 e. The highest BCUT2D eigenvalue weighted by atomic mass is 19.3. The van der Waals surface area contributed by atoms with Gasteiger partial charge in [-0.2, -0.15) is 0 Å². The van der Waals surface area contributed by atoms with E-state index in [1.807, 2.05) is 18.7 Å². The molecule has 2 heterocycles. The summed E-state index contributed by atoms with van der Waals surface area (Å²) in [5.41, 5.74) is -0.135. The molecule has 0 bridgehead atoms. The van der Waals surface area contributed by atoms with Crippen LogP contribution in [0.5, 0.6) is 0 Å². The van der Waals surface area contributed by atoms with Crippen LogP contribution >= 0.6 is 0 Å². The van der Waals surface area contributed by atoms with Crippen LogP contribution in [0.1, 0.15) is 41.0 Å². The number of ether oxygens (including phenoxy) is 1. The number of alkyl halides is 2. The van der Waals surface area contributed by atoms with Crippen LogP contribution in [-0.4, -0.2) is 65.7 Å². The summed E-state index contributed by atoms with van der Waals surface area (Å²) < 4.78 is 31.9. The number of nitrogens with zero attached hydrogens (tertiary/aromatic N) is 2. The molecule has 0 N–H and O–H groups in total. The fourth-order valence-electron chi connectivity index (χ4n) is 2.83. The van der Waals surface area contributed by atoms with E-state index >= 15 is 0 Å². The van der Waals surface area contributed by atoms with Gasteiger partial charge in [-0.1, -0.05) is 0 Å². The summed E-state index contributed by atoms with van der Waals surface area (Å²) in [6.07, 6.45) is 1.26. The van der Waals surface area contributed by atoms with Gasteiger partial charge in [0.2, 0.25) is 0 Å². The molecule has 1 atom stereocenters. The molecule has 0 radical (unpaired) electrons. The van der Waals surface area contributed by atoms with Crippen LogP contribution in [0.4, 0.5) is 8.78 Å². The monoisotopic (exact) mass is 290 g/mol. The smallest absolute Gasteiger partial charge is 0.272 e. The number of rotatable bonds is 4. The Labute approximate surface area is 121 Å². The van der Waals surface area contributed by atoms with Gasteiger partial charge >= 0.3 is 0 Å². The first-order valence-corrected chi connectivity index (χ1v) is 7.49. The quantitative estimate of drug-likeness (QED) is 0.791. The van der Waals surface area contributed by atoms with Crippen LogP contribution in [0, 0.1) is 0 Å². The molecule has 0 saturated carbocycles. The third kappa shape index (κ3) is 3.68. The average Bonchev–Trinajstić information content (AvgIpc) is 2.71. The Bertz CT molecular complexity index is 344. The number of hydrogen-bond donors (Lipinski definition) is 0. The van der Waals surface area contributed by atoms with Crippen molar-refractivity contribution in [1.82, 2.24) is 9.80 Å². The molecular weight excluding hydrogens is 262 g/mol. The fraction of sp³-hybridized carbons (Fsp3) is 1.00. The molecule has 2 fully saturated rings. The van der Waals surface area contributed by atoms with Crippen molar-refractivity contribution >= 4 is 0 Å². The lowest BCUT2D eigenvalue weighted by molar-refractivity contribution is -0.177. The molecule has 118 valence electrons. The lowest BCUT2D eigenvalue weighted by Crippen LogP contribution is -2.65. The molecule has 2 saturated heterocycles. The summed E-state index contributed by atoms with van der Waals surface area (Å²) >= 11 is 0. The van der Waals surface area contributed by atoms with Gasteiger partial charge in [-0.15, -0.1) is 0 Å². The van der Waals surface area contributed by atoms with Crippen molar-refractivity contribution in [2.75, 3.05) is 32.8 Å². The number of halogens is 2. The standard InChI is InChI=1S/C15H28F2N2O/c1-13(2,3)18-7-6-12(8-18)20-11-14(4,5)19-9-15(16,17)10-19/h12H,6-11H2,1-5H3/t12-/m1/s1. The second-order valence-electron chi connectivity index (χ2n) is 7.86. The van der Waals surface area contributed by atoms with E-state index < -0.39 is 5.92 Å². The third-order valence-corrected chi connectivity index (χ3v) is 4.47. The average molecular weight is 290 g/mol. The minimum atomic E-state index is -2.51. The van der Waals surface area contributed by atoms with E-state index in [1.165, 1.54) is 0 Å². The second kappa shape index (κ2) is 5.18. The molecule has 0 spiro atoms. The van der Waals surface area contributed by atoms with Gasteiger partial charge in [0.25, 0.3) is 5.92 Å². The van der Waals surface area contributed by atoms with E-state index in [2.05, 4.69) is 25.7 Å². The zero-order chi connectivity index (χ0) is 15.2. The first kappa shape index (κ1) is 16.1. The van der Waals surface area contributed by atoms with Crippen molar-refractivity contribution in [1.29, 1.82) is 0 Å². The minimum absolute atomic E-state index is 0.137. The van der Waals surface area contributed by atoms with Gasteiger partial charge in [0.1, 0.15) is 0 Å². The molecule has 5 heteroatoms. The Morgan fingerprint density at radius 2 is 1.70 bits per heavy atom. The summed E-state index contributed by atoms with van der Waals surface area (Å²) in [5, 5.41) is 0. The third-order valence-electron chi connectivity index (χ3n) is 4.47. The van der Waals surface area contributed by atoms with Gasteiger partial charge in [0, 0.05) is 24.2 Å². The zero-order valence-corrected chi connectivity index (χ0v) is 13.4. The Hall–Kier alpha value is -0.260. The maximum absolute atomic E-state index is 13.0. The van der Waals surface area contributed by atoms with E-state index in [0.717, 1.165) is 19.5 Å². The van der Waals surface area contributed by atoms with Gasteiger partial charge in [-0.25, -0.2) is 8.78 Å². The van der Waals surface area contributed by atoms with Crippen LogP contribution in [0.2, 0.25) is 0 Å². The van der Waals surface area contributed by atoms with Crippen molar-refractivity contribution in [3.63, 3.8) is 0 Å². The molecule has 20 heavy (non-hydrogen) atoms. The summed E-state index contributed by atoms with van der Waals surface area (Å²) in [4.78, 5) is 4.23. The maximum atomic E-state index is 13.0. The van der Waals surface area contributed by atoms with Gasteiger partial charge in [-0.3, -0.25) is 9.80 Å². The zero-order valence-electron chi connectivity index (χ0n) is 13.4. The van der Waals surface area contributed by atoms with Crippen LogP contribution in [0.3, 0.4) is 0 Å². The Balaban J connectivity index is 1.76. The largest absolute Gasteiger partial charge is 0.375 e. The lowest BCUT2D eigenvalue weighted by Gasteiger charge is -2.48. The van der Waals surface area contributed by atoms with Crippen LogP contribution < -0.4 is 0 Å². The van der Waals surface area contributed by atoms with E-state index in [1.54, 1.807) is 0 Å². The molecular formula is C15H28F2N2O. The number of likely N-dealkylation sites (tertiary alicyclic amines) is 2. The van der Waals surface area contributed by atoms with Gasteiger partial charge in [0.05, 0.1) is 25.8 Å². The molecule has 2 aliphatic heterocycles. The normalized spacial score (nSPS) is 28.6. The van der Waals surface area contributed by atoms with E-state index in [4.69, 9.17) is 4.74 Å². The SMILES string of the molecule is CC(C)(C)N1CC[C@@H](OCC(C)(C)N2CC(F)(F)C2)C1. The van der Waals surface area contributed by atoms with Gasteiger partial charge in [-0.05, 0) is 41.0 Å². The van der Waals surface area contributed by atoms with Crippen molar-refractivity contribution in [2.24, 2.45) is 0 Å². The fourth-order valence-corrected chi connectivity index (χ4v) is 2.83. The summed E-state index contributed by atoms with van der Waals surface area (Å²) in [6, 6.07) is 0. The highest BCUT2D eigenvalue weighted by molar-refractivity contribution is 4.96. The summed E-state index contributed by atoms with van der Waals surface area (Å²) in [7, 11) is 0. The first-order chi connectivity index (χ1) is 9.00. The number of hydrogen-bond acceptors (Lipinski definition) is 3. The topological polar surface area (TPSA) is 15.7 Å². The molecule has 0 aromatic heterocycles. The Morgan fingerprint density at radius 3 is 2.15 bits per heavy atom.